The number of benzene rings is 1. The summed E-state index contributed by atoms with van der Waals surface area (Å²) >= 11 is 0. The van der Waals surface area contributed by atoms with Crippen molar-refractivity contribution in [3.05, 3.63) is 72.3 Å². The second kappa shape index (κ2) is 8.67. The molecule has 0 unspecified atom stereocenters. The highest BCUT2D eigenvalue weighted by molar-refractivity contribution is 5.78. The third-order valence-corrected chi connectivity index (χ3v) is 6.79. The number of imidazole rings is 1. The zero-order valence-electron chi connectivity index (χ0n) is 18.9. The molecule has 4 aromatic rings. The van der Waals surface area contributed by atoms with E-state index in [4.69, 9.17) is 14.7 Å². The van der Waals surface area contributed by atoms with Crippen LogP contribution in [0.5, 0.6) is 0 Å². The van der Waals surface area contributed by atoms with Crippen LogP contribution in [0, 0.1) is 6.92 Å². The Bertz CT molecular complexity index is 1240. The van der Waals surface area contributed by atoms with Crippen LogP contribution in [-0.4, -0.2) is 74.8 Å². The van der Waals surface area contributed by atoms with Crippen LogP contribution in [0.2, 0.25) is 0 Å². The van der Waals surface area contributed by atoms with Crippen LogP contribution in [0.15, 0.2) is 60.9 Å². The Kier molecular flexibility index (Phi) is 5.38. The van der Waals surface area contributed by atoms with Gasteiger partial charge in [-0.1, -0.05) is 12.1 Å². The Morgan fingerprint density at radius 2 is 1.64 bits per heavy atom. The molecule has 2 fully saturated rings. The molecule has 0 bridgehead atoms. The highest BCUT2D eigenvalue weighted by atomic mass is 16.5. The zero-order valence-corrected chi connectivity index (χ0v) is 18.9. The third kappa shape index (κ3) is 4.04. The molecular weight excluding hydrogens is 412 g/mol. The van der Waals surface area contributed by atoms with Crippen molar-refractivity contribution in [1.82, 2.24) is 29.3 Å². The number of pyridine rings is 2. The first-order valence-corrected chi connectivity index (χ1v) is 11.6. The van der Waals surface area contributed by atoms with Crippen LogP contribution in [0.3, 0.4) is 0 Å². The van der Waals surface area contributed by atoms with Crippen LogP contribution in [0.4, 0.5) is 0 Å². The topological polar surface area (TPSA) is 59.3 Å². The van der Waals surface area contributed by atoms with E-state index in [-0.39, 0.29) is 0 Å². The van der Waals surface area contributed by atoms with Crippen LogP contribution in [0.1, 0.15) is 11.4 Å². The predicted octanol–water partition coefficient (Wildman–Crippen LogP) is 3.31. The molecule has 6 rings (SSSR count). The Hall–Kier alpha value is -3.13. The van der Waals surface area contributed by atoms with Crippen LogP contribution in [-0.2, 0) is 11.3 Å². The predicted molar refractivity (Wildman–Crippen MR) is 128 cm³/mol. The van der Waals surface area contributed by atoms with Crippen molar-refractivity contribution >= 4 is 11.2 Å². The fourth-order valence-electron chi connectivity index (χ4n) is 4.79. The molecule has 1 aromatic carbocycles. The lowest BCUT2D eigenvalue weighted by atomic mass is 10.1. The standard InChI is InChI=1S/C26H28N6O/c1-19-28-25-7-6-24(21-8-10-27-11-9-21)29-26(25)32(19)22-4-2-20(3-5-22)16-30-12-14-31(15-13-30)23-17-33-18-23/h2-11,23H,12-18H2,1H3. The van der Waals surface area contributed by atoms with E-state index in [1.807, 2.05) is 31.2 Å². The molecule has 0 radical (unpaired) electrons. The molecule has 7 heteroatoms. The molecule has 7 nitrogen and oxygen atoms in total. The van der Waals surface area contributed by atoms with Crippen molar-refractivity contribution in [1.29, 1.82) is 0 Å². The number of ether oxygens (including phenoxy) is 1. The summed E-state index contributed by atoms with van der Waals surface area (Å²) in [6.07, 6.45) is 3.59. The SMILES string of the molecule is Cc1nc2ccc(-c3ccncc3)nc2n1-c1ccc(CN2CCN(C3COC3)CC2)cc1. The quantitative estimate of drug-likeness (QED) is 0.475. The fourth-order valence-corrected chi connectivity index (χ4v) is 4.79. The van der Waals surface area contributed by atoms with E-state index < -0.39 is 0 Å². The summed E-state index contributed by atoms with van der Waals surface area (Å²) in [5.41, 5.74) is 6.20. The summed E-state index contributed by atoms with van der Waals surface area (Å²) in [4.78, 5) is 18.9. The van der Waals surface area contributed by atoms with E-state index in [1.54, 1.807) is 12.4 Å². The first kappa shape index (κ1) is 20.5. The maximum atomic E-state index is 5.35. The number of hydrogen-bond donors (Lipinski definition) is 0. The molecule has 0 aliphatic carbocycles. The maximum Gasteiger partial charge on any atom is 0.165 e. The van der Waals surface area contributed by atoms with E-state index in [9.17, 15) is 0 Å². The van der Waals surface area contributed by atoms with Gasteiger partial charge in [-0.25, -0.2) is 9.97 Å². The minimum atomic E-state index is 0.646. The molecule has 2 saturated heterocycles. The summed E-state index contributed by atoms with van der Waals surface area (Å²) in [5.74, 6) is 0.938. The van der Waals surface area contributed by atoms with E-state index in [0.29, 0.717) is 6.04 Å². The van der Waals surface area contributed by atoms with Crippen molar-refractivity contribution in [2.75, 3.05) is 39.4 Å². The number of piperazine rings is 1. The molecule has 0 amide bonds. The molecule has 5 heterocycles. The van der Waals surface area contributed by atoms with Gasteiger partial charge in [0, 0.05) is 56.4 Å². The molecule has 3 aromatic heterocycles. The van der Waals surface area contributed by atoms with Crippen LogP contribution in [0.25, 0.3) is 28.1 Å². The number of fused-ring (bicyclic) bond motifs is 1. The van der Waals surface area contributed by atoms with Crippen LogP contribution < -0.4 is 0 Å². The second-order valence-corrected chi connectivity index (χ2v) is 8.94. The summed E-state index contributed by atoms with van der Waals surface area (Å²) in [6.45, 7) is 9.34. The normalized spacial score (nSPS) is 18.0. The van der Waals surface area contributed by atoms with Crippen molar-refractivity contribution in [2.24, 2.45) is 0 Å². The Morgan fingerprint density at radius 1 is 0.879 bits per heavy atom. The van der Waals surface area contributed by atoms with E-state index in [0.717, 1.165) is 79.9 Å². The number of hydrogen-bond acceptors (Lipinski definition) is 6. The molecule has 168 valence electrons. The van der Waals surface area contributed by atoms with Crippen molar-refractivity contribution in [3.63, 3.8) is 0 Å². The molecular formula is C26H28N6O. The summed E-state index contributed by atoms with van der Waals surface area (Å²) < 4.78 is 7.49. The number of nitrogens with zero attached hydrogens (tertiary/aromatic N) is 6. The van der Waals surface area contributed by atoms with Gasteiger partial charge in [0.05, 0.1) is 24.9 Å². The Balaban J connectivity index is 1.21. The lowest BCUT2D eigenvalue weighted by Crippen LogP contribution is -2.56. The summed E-state index contributed by atoms with van der Waals surface area (Å²) in [6, 6.07) is 17.5. The average molecular weight is 441 g/mol. The molecule has 0 saturated carbocycles. The highest BCUT2D eigenvalue weighted by Gasteiger charge is 2.28. The van der Waals surface area contributed by atoms with Gasteiger partial charge in [0.15, 0.2) is 5.65 Å². The molecule has 2 aliphatic heterocycles. The smallest absolute Gasteiger partial charge is 0.165 e. The monoisotopic (exact) mass is 440 g/mol. The van der Waals surface area contributed by atoms with E-state index in [2.05, 4.69) is 43.6 Å². The van der Waals surface area contributed by atoms with E-state index in [1.165, 1.54) is 5.56 Å². The maximum absolute atomic E-state index is 5.35. The summed E-state index contributed by atoms with van der Waals surface area (Å²) in [5, 5.41) is 0. The van der Waals surface area contributed by atoms with Gasteiger partial charge in [0.2, 0.25) is 0 Å². The minimum Gasteiger partial charge on any atom is -0.378 e. The van der Waals surface area contributed by atoms with Crippen molar-refractivity contribution in [2.45, 2.75) is 19.5 Å². The second-order valence-electron chi connectivity index (χ2n) is 8.94. The fraction of sp³-hybridized carbons (Fsp3) is 0.346. The third-order valence-electron chi connectivity index (χ3n) is 6.79. The Labute approximate surface area is 193 Å². The molecule has 2 aliphatic rings. The van der Waals surface area contributed by atoms with Gasteiger partial charge in [-0.2, -0.15) is 0 Å². The van der Waals surface area contributed by atoms with Gasteiger partial charge in [-0.05, 0) is 48.9 Å². The van der Waals surface area contributed by atoms with Crippen molar-refractivity contribution in [3.8, 4) is 16.9 Å². The van der Waals surface area contributed by atoms with Gasteiger partial charge in [0.1, 0.15) is 11.3 Å². The zero-order chi connectivity index (χ0) is 22.2. The van der Waals surface area contributed by atoms with Gasteiger partial charge >= 0.3 is 0 Å². The first-order chi connectivity index (χ1) is 16.2. The number of aromatic nitrogens is 4. The number of aryl methyl sites for hydroxylation is 1. The number of rotatable bonds is 5. The molecule has 0 N–H and O–H groups in total. The minimum absolute atomic E-state index is 0.646. The Morgan fingerprint density at radius 3 is 2.33 bits per heavy atom. The van der Waals surface area contributed by atoms with Crippen molar-refractivity contribution < 1.29 is 4.74 Å². The van der Waals surface area contributed by atoms with Gasteiger partial charge in [-0.3, -0.25) is 19.4 Å². The largest absolute Gasteiger partial charge is 0.378 e. The molecule has 33 heavy (non-hydrogen) atoms. The lowest BCUT2D eigenvalue weighted by Gasteiger charge is -2.42. The van der Waals surface area contributed by atoms with Crippen LogP contribution >= 0.6 is 0 Å². The lowest BCUT2D eigenvalue weighted by molar-refractivity contribution is -0.0774. The summed E-state index contributed by atoms with van der Waals surface area (Å²) in [7, 11) is 0. The highest BCUT2D eigenvalue weighted by Crippen LogP contribution is 2.24. The van der Waals surface area contributed by atoms with Gasteiger partial charge in [-0.15, -0.1) is 0 Å². The molecule has 0 atom stereocenters. The van der Waals surface area contributed by atoms with E-state index >= 15 is 0 Å². The molecule has 0 spiro atoms. The average Bonchev–Trinajstić information content (AvgIpc) is 3.15. The van der Waals surface area contributed by atoms with Gasteiger partial charge < -0.3 is 4.74 Å². The van der Waals surface area contributed by atoms with Gasteiger partial charge in [0.25, 0.3) is 0 Å². The first-order valence-electron chi connectivity index (χ1n) is 11.6.